The lowest BCUT2D eigenvalue weighted by atomic mass is 9.93. The van der Waals surface area contributed by atoms with E-state index in [1.165, 1.54) is 28.0 Å². The van der Waals surface area contributed by atoms with E-state index in [-0.39, 0.29) is 17.7 Å². The molecule has 1 aliphatic rings. The second-order valence-corrected chi connectivity index (χ2v) is 13.7. The van der Waals surface area contributed by atoms with Crippen molar-refractivity contribution in [3.63, 3.8) is 0 Å². The van der Waals surface area contributed by atoms with E-state index < -0.39 is 17.8 Å². The van der Waals surface area contributed by atoms with Gasteiger partial charge in [0.25, 0.3) is 5.56 Å². The molecule has 0 aliphatic carbocycles. The maximum Gasteiger partial charge on any atom is 0.338 e. The summed E-state index contributed by atoms with van der Waals surface area (Å²) >= 11 is 5.65. The predicted octanol–water partition coefficient (Wildman–Crippen LogP) is 6.73. The van der Waals surface area contributed by atoms with Crippen LogP contribution in [0.5, 0.6) is 5.75 Å². The zero-order chi connectivity index (χ0) is 33.1. The maximum absolute atomic E-state index is 14.2. The van der Waals surface area contributed by atoms with E-state index in [1.807, 2.05) is 54.6 Å². The minimum atomic E-state index is -0.887. The number of carbonyl (C=O) groups excluding carboxylic acids is 1. The van der Waals surface area contributed by atoms with Gasteiger partial charge in [-0.05, 0) is 111 Å². The molecule has 0 saturated carbocycles. The van der Waals surface area contributed by atoms with Crippen LogP contribution in [0.2, 0.25) is 0 Å². The highest BCUT2D eigenvalue weighted by atomic mass is 127. The van der Waals surface area contributed by atoms with Gasteiger partial charge in [0.1, 0.15) is 18.2 Å². The number of benzene rings is 4. The molecule has 0 saturated heterocycles. The molecule has 1 aromatic heterocycles. The fourth-order valence-corrected chi connectivity index (χ4v) is 8.31. The average molecular weight is 867 g/mol. The first-order valence-corrected chi connectivity index (χ1v) is 17.4. The molecule has 7 nitrogen and oxygen atoms in total. The number of hydrogen-bond acceptors (Lipinski definition) is 7. The van der Waals surface area contributed by atoms with Crippen molar-refractivity contribution in [3.8, 4) is 11.8 Å². The van der Waals surface area contributed by atoms with Crippen molar-refractivity contribution < 1.29 is 18.7 Å². The number of aromatic nitrogens is 1. The topological polar surface area (TPSA) is 93.7 Å². The number of hydrogen-bond donors (Lipinski definition) is 0. The number of esters is 1. The molecule has 0 fully saturated rings. The standard InChI is InChI=1S/C36H24FI2N3O4S/c1-2-45-35(44)30-31(24-6-4-3-5-7-24)41-36-42(32(30)25-12-14-26(37)15-13-25)34(43)29(47-36)18-23-16-27(38)33(28(39)17-23)46-20-22-10-8-21(19-40)9-11-22/h3-18,32H,2,20H2,1H3/b29-18-/t32-/m1/s1. The number of thiazole rings is 1. The van der Waals surface area contributed by atoms with Gasteiger partial charge < -0.3 is 9.47 Å². The van der Waals surface area contributed by atoms with Crippen molar-refractivity contribution in [3.05, 3.63) is 157 Å². The normalized spacial score (nSPS) is 14.3. The lowest BCUT2D eigenvalue weighted by Crippen LogP contribution is -2.40. The number of halogens is 3. The Kier molecular flexibility index (Phi) is 10.00. The molecule has 2 heterocycles. The molecule has 0 N–H and O–H groups in total. The van der Waals surface area contributed by atoms with Gasteiger partial charge in [-0.1, -0.05) is 65.9 Å². The lowest BCUT2D eigenvalue weighted by Gasteiger charge is -2.25. The Balaban J connectivity index is 1.45. The SMILES string of the molecule is CCOC(=O)C1=C(c2ccccc2)N=c2s/c(=C\c3cc(I)c(OCc4ccc(C#N)cc4)c(I)c3)c(=O)n2[C@@H]1c1ccc(F)cc1. The quantitative estimate of drug-likeness (QED) is 0.128. The molecule has 4 aromatic carbocycles. The largest absolute Gasteiger partial charge is 0.487 e. The van der Waals surface area contributed by atoms with Crippen LogP contribution in [0.4, 0.5) is 4.39 Å². The van der Waals surface area contributed by atoms with E-state index in [0.717, 1.165) is 24.0 Å². The minimum Gasteiger partial charge on any atom is -0.487 e. The number of nitriles is 1. The predicted molar refractivity (Wildman–Crippen MR) is 195 cm³/mol. The van der Waals surface area contributed by atoms with Crippen LogP contribution in [0.1, 0.15) is 40.8 Å². The minimum absolute atomic E-state index is 0.134. The number of fused-ring (bicyclic) bond motifs is 1. The Morgan fingerprint density at radius 1 is 1.04 bits per heavy atom. The van der Waals surface area contributed by atoms with Crippen LogP contribution in [0.3, 0.4) is 0 Å². The van der Waals surface area contributed by atoms with Crippen molar-refractivity contribution in [2.24, 2.45) is 4.99 Å². The molecule has 0 unspecified atom stereocenters. The summed E-state index contributed by atoms with van der Waals surface area (Å²) in [5.74, 6) is -0.309. The van der Waals surface area contributed by atoms with Gasteiger partial charge in [0.05, 0.1) is 47.2 Å². The lowest BCUT2D eigenvalue weighted by molar-refractivity contribution is -0.138. The van der Waals surface area contributed by atoms with Crippen LogP contribution < -0.4 is 19.6 Å². The molecule has 1 atom stereocenters. The average Bonchev–Trinajstić information content (AvgIpc) is 3.38. The molecule has 47 heavy (non-hydrogen) atoms. The molecule has 234 valence electrons. The molecular weight excluding hydrogens is 843 g/mol. The van der Waals surface area contributed by atoms with Crippen LogP contribution in [0.15, 0.2) is 106 Å². The number of carbonyl (C=O) groups is 1. The summed E-state index contributed by atoms with van der Waals surface area (Å²) in [5, 5.41) is 9.05. The summed E-state index contributed by atoms with van der Waals surface area (Å²) in [5.41, 5.74) is 3.84. The highest BCUT2D eigenvalue weighted by molar-refractivity contribution is 14.1. The van der Waals surface area contributed by atoms with Gasteiger partial charge in [-0.25, -0.2) is 14.2 Å². The fourth-order valence-electron chi connectivity index (χ4n) is 5.18. The van der Waals surface area contributed by atoms with Gasteiger partial charge in [0.2, 0.25) is 0 Å². The molecular formula is C36H24FI2N3O4S. The van der Waals surface area contributed by atoms with Crippen molar-refractivity contribution in [2.75, 3.05) is 6.61 Å². The zero-order valence-corrected chi connectivity index (χ0v) is 29.9. The number of ether oxygens (including phenoxy) is 2. The van der Waals surface area contributed by atoms with Crippen LogP contribution in [0.25, 0.3) is 11.8 Å². The van der Waals surface area contributed by atoms with Crippen LogP contribution in [0, 0.1) is 24.3 Å². The van der Waals surface area contributed by atoms with E-state index >= 15 is 0 Å². The first-order chi connectivity index (χ1) is 22.8. The van der Waals surface area contributed by atoms with E-state index in [0.29, 0.717) is 38.3 Å². The van der Waals surface area contributed by atoms with Crippen LogP contribution in [-0.4, -0.2) is 17.1 Å². The summed E-state index contributed by atoms with van der Waals surface area (Å²) in [6, 6.07) is 27.4. The second kappa shape index (κ2) is 14.3. The smallest absolute Gasteiger partial charge is 0.338 e. The molecule has 0 bridgehead atoms. The Morgan fingerprint density at radius 2 is 1.72 bits per heavy atom. The molecule has 1 aliphatic heterocycles. The van der Waals surface area contributed by atoms with Crippen LogP contribution in [-0.2, 0) is 16.1 Å². The summed E-state index contributed by atoms with van der Waals surface area (Å²) in [4.78, 5) is 33.0. The Labute approximate surface area is 300 Å². The third-order valence-electron chi connectivity index (χ3n) is 7.34. The van der Waals surface area contributed by atoms with Gasteiger partial charge in [0.15, 0.2) is 4.80 Å². The zero-order valence-electron chi connectivity index (χ0n) is 24.7. The van der Waals surface area contributed by atoms with Crippen molar-refractivity contribution in [1.29, 1.82) is 5.26 Å². The van der Waals surface area contributed by atoms with Gasteiger partial charge in [-0.2, -0.15) is 5.26 Å². The molecule has 5 aromatic rings. The third kappa shape index (κ3) is 6.95. The summed E-state index contributed by atoms with van der Waals surface area (Å²) in [6.45, 7) is 2.19. The number of rotatable bonds is 8. The molecule has 0 radical (unpaired) electrons. The van der Waals surface area contributed by atoms with Crippen molar-refractivity contribution >= 4 is 74.3 Å². The van der Waals surface area contributed by atoms with E-state index in [9.17, 15) is 14.0 Å². The summed E-state index contributed by atoms with van der Waals surface area (Å²) in [6.07, 6.45) is 1.80. The Bertz CT molecular complexity index is 2220. The van der Waals surface area contributed by atoms with Crippen LogP contribution >= 0.6 is 56.5 Å². The Morgan fingerprint density at radius 3 is 2.36 bits per heavy atom. The highest BCUT2D eigenvalue weighted by Crippen LogP contribution is 2.35. The van der Waals surface area contributed by atoms with Gasteiger partial charge >= 0.3 is 5.97 Å². The van der Waals surface area contributed by atoms with Gasteiger partial charge in [-0.3, -0.25) is 9.36 Å². The molecule has 6 rings (SSSR count). The van der Waals surface area contributed by atoms with Crippen molar-refractivity contribution in [2.45, 2.75) is 19.6 Å². The first-order valence-electron chi connectivity index (χ1n) is 14.4. The molecule has 0 spiro atoms. The maximum atomic E-state index is 14.2. The highest BCUT2D eigenvalue weighted by Gasteiger charge is 2.35. The Hall–Kier alpha value is -4.13. The fraction of sp³-hybridized carbons (Fsp3) is 0.111. The molecule has 11 heteroatoms. The van der Waals surface area contributed by atoms with Gasteiger partial charge in [0, 0.05) is 5.56 Å². The second-order valence-electron chi connectivity index (χ2n) is 10.4. The van der Waals surface area contributed by atoms with Crippen molar-refractivity contribution in [1.82, 2.24) is 4.57 Å². The summed E-state index contributed by atoms with van der Waals surface area (Å²) < 4.78 is 29.3. The summed E-state index contributed by atoms with van der Waals surface area (Å²) in [7, 11) is 0. The first kappa shape index (κ1) is 32.8. The van der Waals surface area contributed by atoms with E-state index in [4.69, 9.17) is 19.7 Å². The monoisotopic (exact) mass is 867 g/mol. The number of nitrogens with zero attached hydrogens (tertiary/aromatic N) is 3. The van der Waals surface area contributed by atoms with E-state index in [2.05, 4.69) is 51.3 Å². The van der Waals surface area contributed by atoms with E-state index in [1.54, 1.807) is 37.3 Å². The third-order valence-corrected chi connectivity index (χ3v) is 9.93. The molecule has 0 amide bonds. The van der Waals surface area contributed by atoms with Gasteiger partial charge in [-0.15, -0.1) is 0 Å².